The Bertz CT molecular complexity index is 447. The molecule has 1 nitrogen and oxygen atoms in total. The highest BCUT2D eigenvalue weighted by molar-refractivity contribution is 9.09. The monoisotopic (exact) mass is 396 g/mol. The maximum Gasteiger partial charge on any atom is 0.146 e. The Morgan fingerprint density at radius 1 is 0.958 bits per heavy atom. The van der Waals surface area contributed by atoms with Crippen LogP contribution >= 0.6 is 15.9 Å². The molecule has 0 saturated heterocycles. The number of Topliss-reactive ketones (excluding diaryl/α,β-unsaturated/α-hetero) is 1. The van der Waals surface area contributed by atoms with Gasteiger partial charge in [0.05, 0.1) is 5.33 Å². The summed E-state index contributed by atoms with van der Waals surface area (Å²) < 4.78 is 0. The lowest BCUT2D eigenvalue weighted by Crippen LogP contribution is -2.50. The van der Waals surface area contributed by atoms with E-state index in [4.69, 9.17) is 0 Å². The van der Waals surface area contributed by atoms with E-state index in [1.807, 2.05) is 0 Å². The van der Waals surface area contributed by atoms with Crippen molar-refractivity contribution in [1.29, 1.82) is 0 Å². The molecule has 7 unspecified atom stereocenters. The quantitative estimate of drug-likeness (QED) is 0.460. The summed E-state index contributed by atoms with van der Waals surface area (Å²) in [5, 5.41) is 0.571. The van der Waals surface area contributed by atoms with Crippen LogP contribution in [-0.2, 0) is 4.79 Å². The molecule has 7 atom stereocenters. The molecule has 2 heteroatoms. The Balaban J connectivity index is 1.85. The molecular formula is C22H37BrO. The maximum absolute atomic E-state index is 12.4. The van der Waals surface area contributed by atoms with E-state index in [-0.39, 0.29) is 0 Å². The number of fused-ring (bicyclic) bond motifs is 3. The number of hydrogen-bond acceptors (Lipinski definition) is 1. The number of carbonyl (C=O) groups excluding carboxylic acids is 1. The second-order valence-corrected chi connectivity index (χ2v) is 9.54. The summed E-state index contributed by atoms with van der Waals surface area (Å²) in [7, 11) is 0. The molecule has 0 radical (unpaired) electrons. The molecule has 3 aliphatic carbocycles. The number of hydrogen-bond donors (Lipinski definition) is 0. The summed E-state index contributed by atoms with van der Waals surface area (Å²) in [4.78, 5) is 12.4. The van der Waals surface area contributed by atoms with Gasteiger partial charge in [0.2, 0.25) is 0 Å². The third-order valence-corrected chi connectivity index (χ3v) is 9.12. The molecule has 0 aromatic carbocycles. The summed E-state index contributed by atoms with van der Waals surface area (Å²) in [5.74, 6) is 5.25. The number of halogens is 1. The Kier molecular flexibility index (Phi) is 6.15. The van der Waals surface area contributed by atoms with Crippen LogP contribution in [-0.4, -0.2) is 11.1 Å². The zero-order valence-corrected chi connectivity index (χ0v) is 17.6. The van der Waals surface area contributed by atoms with Crippen molar-refractivity contribution < 1.29 is 4.79 Å². The maximum atomic E-state index is 12.4. The second-order valence-electron chi connectivity index (χ2n) is 8.98. The van der Waals surface area contributed by atoms with Gasteiger partial charge in [-0.3, -0.25) is 4.79 Å². The van der Waals surface area contributed by atoms with E-state index in [0.717, 1.165) is 23.7 Å². The molecule has 24 heavy (non-hydrogen) atoms. The van der Waals surface area contributed by atoms with E-state index in [1.165, 1.54) is 64.2 Å². The van der Waals surface area contributed by atoms with Crippen molar-refractivity contribution in [3.05, 3.63) is 0 Å². The van der Waals surface area contributed by atoms with Gasteiger partial charge in [0, 0.05) is 5.92 Å². The summed E-state index contributed by atoms with van der Waals surface area (Å²) in [6.07, 6.45) is 13.7. The van der Waals surface area contributed by atoms with Gasteiger partial charge in [-0.2, -0.15) is 0 Å². The van der Waals surface area contributed by atoms with Gasteiger partial charge in [-0.1, -0.05) is 49.5 Å². The molecule has 3 rings (SSSR count). The molecule has 0 N–H and O–H groups in total. The van der Waals surface area contributed by atoms with Crippen molar-refractivity contribution in [2.24, 2.45) is 40.9 Å². The average molecular weight is 397 g/mol. The minimum Gasteiger partial charge on any atom is -0.298 e. The van der Waals surface area contributed by atoms with Gasteiger partial charge in [0.1, 0.15) is 5.78 Å². The molecule has 0 bridgehead atoms. The summed E-state index contributed by atoms with van der Waals surface area (Å²) in [6.45, 7) is 7.29. The van der Waals surface area contributed by atoms with Crippen LogP contribution < -0.4 is 0 Å². The number of alkyl halides is 1. The van der Waals surface area contributed by atoms with Gasteiger partial charge >= 0.3 is 0 Å². The largest absolute Gasteiger partial charge is 0.298 e. The van der Waals surface area contributed by atoms with Crippen LogP contribution in [0.5, 0.6) is 0 Å². The van der Waals surface area contributed by atoms with Gasteiger partial charge in [-0.15, -0.1) is 0 Å². The molecule has 138 valence electrons. The molecule has 3 saturated carbocycles. The molecule has 0 amide bonds. The minimum atomic E-state index is 0.376. The predicted octanol–water partition coefficient (Wildman–Crippen LogP) is 6.64. The SMILES string of the molecule is CCCC1(CC)C(CC)CCC2C3CCC(C(=O)CBr)C3CCC21. The fourth-order valence-electron chi connectivity index (χ4n) is 7.73. The first-order valence-electron chi connectivity index (χ1n) is 10.7. The van der Waals surface area contributed by atoms with E-state index in [0.29, 0.717) is 28.4 Å². The zero-order valence-electron chi connectivity index (χ0n) is 16.0. The molecule has 0 aliphatic heterocycles. The molecule has 0 aromatic rings. The van der Waals surface area contributed by atoms with Crippen molar-refractivity contribution in [2.75, 3.05) is 5.33 Å². The standard InChI is InChI=1S/C22H37BrO/c1-4-13-22(6-3)15(5-2)7-8-18-16-9-10-19(21(24)14-23)17(16)11-12-20(18)22/h15-20H,4-14H2,1-3H3. The Hall–Kier alpha value is 0.150. The molecule has 0 heterocycles. The van der Waals surface area contributed by atoms with Crippen LogP contribution in [0.2, 0.25) is 0 Å². The lowest BCUT2D eigenvalue weighted by atomic mass is 9.47. The number of carbonyl (C=O) groups is 1. The van der Waals surface area contributed by atoms with Crippen molar-refractivity contribution in [1.82, 2.24) is 0 Å². The van der Waals surface area contributed by atoms with Gasteiger partial charge in [0.15, 0.2) is 0 Å². The highest BCUT2D eigenvalue weighted by atomic mass is 79.9. The first-order valence-corrected chi connectivity index (χ1v) is 11.8. The van der Waals surface area contributed by atoms with Crippen LogP contribution in [0.15, 0.2) is 0 Å². The summed E-state index contributed by atoms with van der Waals surface area (Å²) >= 11 is 3.43. The van der Waals surface area contributed by atoms with Crippen LogP contribution in [0.25, 0.3) is 0 Å². The van der Waals surface area contributed by atoms with Crippen molar-refractivity contribution >= 4 is 21.7 Å². The summed E-state index contributed by atoms with van der Waals surface area (Å²) in [6, 6.07) is 0. The highest BCUT2D eigenvalue weighted by Gasteiger charge is 2.56. The van der Waals surface area contributed by atoms with Crippen molar-refractivity contribution in [3.8, 4) is 0 Å². The number of rotatable bonds is 6. The fraction of sp³-hybridized carbons (Fsp3) is 0.955. The van der Waals surface area contributed by atoms with Gasteiger partial charge < -0.3 is 0 Å². The van der Waals surface area contributed by atoms with E-state index in [2.05, 4.69) is 36.7 Å². The Labute approximate surface area is 157 Å². The first-order chi connectivity index (χ1) is 11.6. The van der Waals surface area contributed by atoms with E-state index in [9.17, 15) is 4.79 Å². The van der Waals surface area contributed by atoms with Crippen LogP contribution in [0.4, 0.5) is 0 Å². The van der Waals surface area contributed by atoms with Crippen LogP contribution in [0, 0.1) is 40.9 Å². The Morgan fingerprint density at radius 3 is 2.29 bits per heavy atom. The Morgan fingerprint density at radius 2 is 1.67 bits per heavy atom. The fourth-order valence-corrected chi connectivity index (χ4v) is 8.15. The topological polar surface area (TPSA) is 17.1 Å². The lowest BCUT2D eigenvalue weighted by molar-refractivity contribution is -0.124. The molecule has 0 spiro atoms. The van der Waals surface area contributed by atoms with Gasteiger partial charge in [-0.25, -0.2) is 0 Å². The average Bonchev–Trinajstić information content (AvgIpc) is 3.05. The predicted molar refractivity (Wildman–Crippen MR) is 105 cm³/mol. The lowest BCUT2D eigenvalue weighted by Gasteiger charge is -2.58. The zero-order chi connectivity index (χ0) is 17.3. The molecule has 3 fully saturated rings. The first kappa shape index (κ1) is 18.9. The second kappa shape index (κ2) is 7.80. The molecule has 0 aromatic heterocycles. The number of ketones is 1. The smallest absolute Gasteiger partial charge is 0.146 e. The molecular weight excluding hydrogens is 360 g/mol. The summed E-state index contributed by atoms with van der Waals surface area (Å²) in [5.41, 5.74) is 0.606. The molecule has 3 aliphatic rings. The van der Waals surface area contributed by atoms with Crippen molar-refractivity contribution in [2.45, 2.75) is 85.0 Å². The van der Waals surface area contributed by atoms with Gasteiger partial charge in [-0.05, 0) is 86.4 Å². The van der Waals surface area contributed by atoms with E-state index >= 15 is 0 Å². The van der Waals surface area contributed by atoms with Crippen molar-refractivity contribution in [3.63, 3.8) is 0 Å². The minimum absolute atomic E-state index is 0.376. The third-order valence-electron chi connectivity index (χ3n) is 8.57. The van der Waals surface area contributed by atoms with Gasteiger partial charge in [0.25, 0.3) is 0 Å². The normalized spacial score (nSPS) is 44.8. The van der Waals surface area contributed by atoms with E-state index in [1.54, 1.807) is 0 Å². The van der Waals surface area contributed by atoms with E-state index < -0.39 is 0 Å². The van der Waals surface area contributed by atoms with Crippen LogP contribution in [0.1, 0.15) is 85.0 Å². The third kappa shape index (κ3) is 2.93. The van der Waals surface area contributed by atoms with Crippen LogP contribution in [0.3, 0.4) is 0 Å². The highest BCUT2D eigenvalue weighted by Crippen LogP contribution is 2.63.